The number of nitrogens with one attached hydrogen (secondary N) is 1. The van der Waals surface area contributed by atoms with Crippen LogP contribution in [-0.4, -0.2) is 74.0 Å². The Bertz CT molecular complexity index is 921. The summed E-state index contributed by atoms with van der Waals surface area (Å²) in [6, 6.07) is 12.1. The average Bonchev–Trinajstić information content (AvgIpc) is 3.39. The van der Waals surface area contributed by atoms with Gasteiger partial charge < -0.3 is 19.9 Å². The summed E-state index contributed by atoms with van der Waals surface area (Å²) in [6.07, 6.45) is 3.08. The Morgan fingerprint density at radius 1 is 0.970 bits per heavy atom. The fourth-order valence-electron chi connectivity index (χ4n) is 4.92. The van der Waals surface area contributed by atoms with Crippen molar-refractivity contribution in [3.05, 3.63) is 46.7 Å². The second kappa shape index (κ2) is 11.0. The maximum Gasteiger partial charge on any atom is 0.311 e. The molecular formula is C25H34N4O3S. The molecule has 2 aromatic rings. The molecule has 33 heavy (non-hydrogen) atoms. The van der Waals surface area contributed by atoms with E-state index < -0.39 is 11.8 Å². The molecule has 178 valence electrons. The lowest BCUT2D eigenvalue weighted by Crippen LogP contribution is -2.54. The number of benzene rings is 1. The van der Waals surface area contributed by atoms with E-state index in [9.17, 15) is 9.59 Å². The predicted octanol–water partition coefficient (Wildman–Crippen LogP) is 3.14. The van der Waals surface area contributed by atoms with Crippen molar-refractivity contribution in [1.82, 2.24) is 15.1 Å². The summed E-state index contributed by atoms with van der Waals surface area (Å²) in [6.45, 7) is 6.84. The third-order valence-corrected chi connectivity index (χ3v) is 7.58. The normalized spacial score (nSPS) is 19.1. The quantitative estimate of drug-likeness (QED) is 0.657. The van der Waals surface area contributed by atoms with Crippen LogP contribution in [0.1, 0.15) is 37.1 Å². The molecule has 2 amide bonds. The molecule has 0 unspecified atom stereocenters. The lowest BCUT2D eigenvalue weighted by atomic mass is 10.0. The van der Waals surface area contributed by atoms with E-state index in [0.717, 1.165) is 56.9 Å². The van der Waals surface area contributed by atoms with Gasteiger partial charge in [0.1, 0.15) is 5.75 Å². The van der Waals surface area contributed by atoms with Gasteiger partial charge in [0, 0.05) is 50.2 Å². The van der Waals surface area contributed by atoms with Gasteiger partial charge in [-0.1, -0.05) is 18.2 Å². The first kappa shape index (κ1) is 23.6. The summed E-state index contributed by atoms with van der Waals surface area (Å²) in [5, 5.41) is 5.10. The second-order valence-corrected chi connectivity index (χ2v) is 9.75. The number of rotatable bonds is 6. The Balaban J connectivity index is 1.42. The molecule has 0 aliphatic carbocycles. The number of carbonyl (C=O) groups excluding carboxylic acids is 2. The lowest BCUT2D eigenvalue weighted by Gasteiger charge is -2.42. The van der Waals surface area contributed by atoms with Crippen LogP contribution in [0.2, 0.25) is 0 Å². The van der Waals surface area contributed by atoms with Crippen molar-refractivity contribution < 1.29 is 14.3 Å². The van der Waals surface area contributed by atoms with Crippen LogP contribution in [-0.2, 0) is 9.59 Å². The molecule has 0 radical (unpaired) electrons. The van der Waals surface area contributed by atoms with Gasteiger partial charge in [-0.05, 0) is 49.8 Å². The Hall–Kier alpha value is -2.58. The first-order chi connectivity index (χ1) is 16.1. The van der Waals surface area contributed by atoms with Gasteiger partial charge in [-0.2, -0.15) is 0 Å². The number of hydrogen-bond acceptors (Lipinski definition) is 6. The van der Waals surface area contributed by atoms with Gasteiger partial charge in [0.05, 0.1) is 18.8 Å². The molecule has 2 saturated heterocycles. The zero-order chi connectivity index (χ0) is 23.2. The monoisotopic (exact) mass is 470 g/mol. The first-order valence-corrected chi connectivity index (χ1v) is 12.7. The Labute approximate surface area is 200 Å². The summed E-state index contributed by atoms with van der Waals surface area (Å²) >= 11 is 1.70. The van der Waals surface area contributed by atoms with E-state index in [4.69, 9.17) is 4.74 Å². The molecule has 0 spiro atoms. The van der Waals surface area contributed by atoms with Crippen molar-refractivity contribution in [2.75, 3.05) is 51.3 Å². The highest BCUT2D eigenvalue weighted by molar-refractivity contribution is 7.10. The van der Waals surface area contributed by atoms with Crippen molar-refractivity contribution >= 4 is 28.8 Å². The third-order valence-electron chi connectivity index (χ3n) is 6.64. The summed E-state index contributed by atoms with van der Waals surface area (Å²) < 4.78 is 5.55. The highest BCUT2D eigenvalue weighted by atomic mass is 32.1. The molecule has 1 aromatic heterocycles. The molecule has 3 heterocycles. The average molecular weight is 471 g/mol. The van der Waals surface area contributed by atoms with Crippen LogP contribution < -0.4 is 15.0 Å². The highest BCUT2D eigenvalue weighted by Crippen LogP contribution is 2.32. The number of ether oxygens (including phenoxy) is 1. The predicted molar refractivity (Wildman–Crippen MR) is 132 cm³/mol. The molecule has 2 atom stereocenters. The number of hydrogen-bond donors (Lipinski definition) is 1. The zero-order valence-corrected chi connectivity index (χ0v) is 20.4. The summed E-state index contributed by atoms with van der Waals surface area (Å²) in [5.41, 5.74) is 1.11. The number of methoxy groups -OCH3 is 1. The van der Waals surface area contributed by atoms with Crippen molar-refractivity contribution in [3.8, 4) is 5.75 Å². The van der Waals surface area contributed by atoms with Crippen molar-refractivity contribution in [2.45, 2.75) is 38.3 Å². The number of thiophene rings is 1. The van der Waals surface area contributed by atoms with Gasteiger partial charge in [0.2, 0.25) is 0 Å². The SMILES string of the molecule is COc1ccccc1N1CCN([C@H](c2cccs2)[C@H](C)NC(=O)C(=O)N2CCCCC2)CC1. The standard InChI is InChI=1S/C25H34N4O3S/c1-19(26-24(30)25(31)29-12-6-3-7-13-29)23(22-11-8-18-33-22)28-16-14-27(15-17-28)20-9-4-5-10-21(20)32-2/h4-5,8-11,18-19,23H,3,6-7,12-17H2,1-2H3,(H,26,30)/t19-,23-/m0/s1. The smallest absolute Gasteiger partial charge is 0.311 e. The largest absolute Gasteiger partial charge is 0.495 e. The minimum Gasteiger partial charge on any atom is -0.495 e. The summed E-state index contributed by atoms with van der Waals surface area (Å²) in [7, 11) is 1.71. The molecule has 7 nitrogen and oxygen atoms in total. The molecule has 1 aromatic carbocycles. The molecule has 4 rings (SSSR count). The number of carbonyl (C=O) groups is 2. The molecule has 2 aliphatic heterocycles. The fourth-order valence-corrected chi connectivity index (χ4v) is 5.89. The summed E-state index contributed by atoms with van der Waals surface area (Å²) in [4.78, 5) is 33.1. The van der Waals surface area contributed by atoms with Gasteiger partial charge in [-0.25, -0.2) is 0 Å². The van der Waals surface area contributed by atoms with Crippen molar-refractivity contribution in [3.63, 3.8) is 0 Å². The third kappa shape index (κ3) is 5.50. The number of para-hydroxylation sites is 2. The van der Waals surface area contributed by atoms with Gasteiger partial charge in [-0.15, -0.1) is 11.3 Å². The maximum atomic E-state index is 12.8. The Morgan fingerprint density at radius 3 is 2.36 bits per heavy atom. The van der Waals surface area contributed by atoms with Crippen LogP contribution in [0.15, 0.2) is 41.8 Å². The van der Waals surface area contributed by atoms with E-state index in [1.165, 1.54) is 4.88 Å². The van der Waals surface area contributed by atoms with E-state index in [2.05, 4.69) is 32.6 Å². The maximum absolute atomic E-state index is 12.8. The molecule has 1 N–H and O–H groups in total. The lowest BCUT2D eigenvalue weighted by molar-refractivity contribution is -0.147. The fraction of sp³-hybridized carbons (Fsp3) is 0.520. The van der Waals surface area contributed by atoms with E-state index in [1.807, 2.05) is 31.2 Å². The van der Waals surface area contributed by atoms with Gasteiger partial charge in [0.15, 0.2) is 0 Å². The van der Waals surface area contributed by atoms with Crippen LogP contribution in [0, 0.1) is 0 Å². The first-order valence-electron chi connectivity index (χ1n) is 11.8. The summed E-state index contributed by atoms with van der Waals surface area (Å²) in [5.74, 6) is 0.00342. The van der Waals surface area contributed by atoms with Gasteiger partial charge in [-0.3, -0.25) is 14.5 Å². The van der Waals surface area contributed by atoms with Crippen LogP contribution >= 0.6 is 11.3 Å². The number of piperidine rings is 1. The highest BCUT2D eigenvalue weighted by Gasteiger charge is 2.33. The van der Waals surface area contributed by atoms with E-state index >= 15 is 0 Å². The number of piperazine rings is 1. The Morgan fingerprint density at radius 2 is 1.70 bits per heavy atom. The number of anilines is 1. The minimum absolute atomic E-state index is 0.0305. The molecule has 0 saturated carbocycles. The van der Waals surface area contributed by atoms with Gasteiger partial charge >= 0.3 is 11.8 Å². The van der Waals surface area contributed by atoms with Crippen LogP contribution in [0.5, 0.6) is 5.75 Å². The van der Waals surface area contributed by atoms with E-state index in [-0.39, 0.29) is 12.1 Å². The van der Waals surface area contributed by atoms with Crippen molar-refractivity contribution in [2.24, 2.45) is 0 Å². The molecule has 2 fully saturated rings. The minimum atomic E-state index is -0.487. The van der Waals surface area contributed by atoms with E-state index in [1.54, 1.807) is 23.3 Å². The molecule has 0 bridgehead atoms. The topological polar surface area (TPSA) is 65.1 Å². The van der Waals surface area contributed by atoms with Crippen LogP contribution in [0.3, 0.4) is 0 Å². The number of nitrogens with zero attached hydrogens (tertiary/aromatic N) is 3. The number of amides is 2. The zero-order valence-electron chi connectivity index (χ0n) is 19.5. The molecule has 8 heteroatoms. The van der Waals surface area contributed by atoms with Crippen LogP contribution in [0.4, 0.5) is 5.69 Å². The van der Waals surface area contributed by atoms with E-state index in [0.29, 0.717) is 13.1 Å². The number of likely N-dealkylation sites (tertiary alicyclic amines) is 1. The molecular weight excluding hydrogens is 436 g/mol. The Kier molecular flexibility index (Phi) is 7.88. The van der Waals surface area contributed by atoms with Crippen molar-refractivity contribution in [1.29, 1.82) is 0 Å². The molecule has 2 aliphatic rings. The van der Waals surface area contributed by atoms with Gasteiger partial charge in [0.25, 0.3) is 0 Å². The van der Waals surface area contributed by atoms with Crippen LogP contribution in [0.25, 0.3) is 0 Å². The second-order valence-electron chi connectivity index (χ2n) is 8.77.